The first-order valence-electron chi connectivity index (χ1n) is 6.23. The van der Waals surface area contributed by atoms with E-state index in [-0.39, 0.29) is 23.7 Å². The Hall–Kier alpha value is -0.660. The number of hydrogen-bond acceptors (Lipinski definition) is 4. The molecule has 1 fully saturated rings. The van der Waals surface area contributed by atoms with Crippen LogP contribution in [0.15, 0.2) is 0 Å². The van der Waals surface area contributed by atoms with Gasteiger partial charge < -0.3 is 10.4 Å². The minimum atomic E-state index is -3.38. The molecule has 0 aromatic heterocycles. The first-order chi connectivity index (χ1) is 8.34. The molecule has 0 aromatic carbocycles. The summed E-state index contributed by atoms with van der Waals surface area (Å²) >= 11 is 0. The average Bonchev–Trinajstić information content (AvgIpc) is 3.05. The molecule has 7 heteroatoms. The van der Waals surface area contributed by atoms with Crippen LogP contribution < -0.4 is 10.0 Å². The third-order valence-electron chi connectivity index (χ3n) is 3.15. The molecule has 1 atom stereocenters. The zero-order chi connectivity index (χ0) is 13.8. The van der Waals surface area contributed by atoms with Gasteiger partial charge in [0.05, 0.1) is 18.4 Å². The van der Waals surface area contributed by atoms with Gasteiger partial charge in [-0.2, -0.15) is 0 Å². The van der Waals surface area contributed by atoms with Gasteiger partial charge in [0, 0.05) is 12.0 Å². The number of nitrogens with one attached hydrogen (secondary N) is 2. The van der Waals surface area contributed by atoms with Gasteiger partial charge in [0.1, 0.15) is 0 Å². The molecule has 6 nitrogen and oxygen atoms in total. The molecule has 106 valence electrons. The molecule has 18 heavy (non-hydrogen) atoms. The maximum atomic E-state index is 11.7. The maximum absolute atomic E-state index is 11.7. The van der Waals surface area contributed by atoms with Crippen LogP contribution in [-0.4, -0.2) is 44.4 Å². The van der Waals surface area contributed by atoms with E-state index in [1.54, 1.807) is 6.92 Å². The van der Waals surface area contributed by atoms with E-state index >= 15 is 0 Å². The third kappa shape index (κ3) is 4.55. The number of rotatable bonds is 8. The van der Waals surface area contributed by atoms with Crippen LogP contribution >= 0.6 is 0 Å². The largest absolute Gasteiger partial charge is 0.396 e. The standard InChI is InChI=1S/C11H22N2O4S/c1-3-6-18(16,17)13-9(2)10(15)12-7-11(8-14)4-5-11/h9,13-14H,3-8H2,1-2H3,(H,12,15). The fraction of sp³-hybridized carbons (Fsp3) is 0.909. The number of carbonyl (C=O) groups excluding carboxylic acids is 1. The minimum absolute atomic E-state index is 0.0190. The van der Waals surface area contributed by atoms with Crippen molar-refractivity contribution in [2.24, 2.45) is 5.41 Å². The highest BCUT2D eigenvalue weighted by Crippen LogP contribution is 2.44. The lowest BCUT2D eigenvalue weighted by Crippen LogP contribution is -2.47. The molecule has 0 heterocycles. The molecule has 0 saturated heterocycles. The van der Waals surface area contributed by atoms with Crippen LogP contribution in [0.2, 0.25) is 0 Å². The number of amides is 1. The SMILES string of the molecule is CCCS(=O)(=O)NC(C)C(=O)NCC1(CO)CC1. The number of sulfonamides is 1. The number of hydrogen-bond donors (Lipinski definition) is 3. The van der Waals surface area contributed by atoms with E-state index in [9.17, 15) is 13.2 Å². The van der Waals surface area contributed by atoms with Crippen molar-refractivity contribution in [1.29, 1.82) is 0 Å². The summed E-state index contributed by atoms with van der Waals surface area (Å²) in [4.78, 5) is 11.7. The van der Waals surface area contributed by atoms with Crippen LogP contribution in [0.5, 0.6) is 0 Å². The summed E-state index contributed by atoms with van der Waals surface area (Å²) in [7, 11) is -3.38. The average molecular weight is 278 g/mol. The highest BCUT2D eigenvalue weighted by molar-refractivity contribution is 7.89. The molecule has 0 aromatic rings. The lowest BCUT2D eigenvalue weighted by molar-refractivity contribution is -0.122. The van der Waals surface area contributed by atoms with Gasteiger partial charge in [0.15, 0.2) is 0 Å². The molecule has 1 rings (SSSR count). The Kier molecular flexibility index (Phi) is 5.12. The van der Waals surface area contributed by atoms with Gasteiger partial charge in [-0.05, 0) is 26.2 Å². The van der Waals surface area contributed by atoms with Crippen molar-refractivity contribution in [2.45, 2.75) is 39.2 Å². The normalized spacial score (nSPS) is 19.3. The summed E-state index contributed by atoms with van der Waals surface area (Å²) < 4.78 is 25.3. The van der Waals surface area contributed by atoms with Gasteiger partial charge in [-0.1, -0.05) is 6.92 Å². The van der Waals surface area contributed by atoms with Gasteiger partial charge >= 0.3 is 0 Å². The Balaban J connectivity index is 2.37. The Labute approximate surface area is 108 Å². The second-order valence-corrected chi connectivity index (χ2v) is 6.91. The lowest BCUT2D eigenvalue weighted by atomic mass is 10.1. The molecule has 1 amide bonds. The molecule has 1 saturated carbocycles. The Morgan fingerprint density at radius 2 is 2.06 bits per heavy atom. The highest BCUT2D eigenvalue weighted by atomic mass is 32.2. The summed E-state index contributed by atoms with van der Waals surface area (Å²) in [5, 5.41) is 11.8. The van der Waals surface area contributed by atoms with Crippen molar-refractivity contribution in [2.75, 3.05) is 18.9 Å². The fourth-order valence-electron chi connectivity index (χ4n) is 1.65. The summed E-state index contributed by atoms with van der Waals surface area (Å²) in [6.45, 7) is 3.74. The van der Waals surface area contributed by atoms with Crippen molar-refractivity contribution in [3.05, 3.63) is 0 Å². The van der Waals surface area contributed by atoms with Crippen molar-refractivity contribution in [1.82, 2.24) is 10.0 Å². The van der Waals surface area contributed by atoms with Crippen LogP contribution in [0.3, 0.4) is 0 Å². The lowest BCUT2D eigenvalue weighted by Gasteiger charge is -2.17. The first kappa shape index (κ1) is 15.4. The van der Waals surface area contributed by atoms with Crippen LogP contribution in [-0.2, 0) is 14.8 Å². The Bertz CT molecular complexity index is 390. The topological polar surface area (TPSA) is 95.5 Å². The second kappa shape index (κ2) is 5.99. The van der Waals surface area contributed by atoms with Crippen LogP contribution in [0.25, 0.3) is 0 Å². The Morgan fingerprint density at radius 3 is 2.50 bits per heavy atom. The quantitative estimate of drug-likeness (QED) is 0.562. The monoisotopic (exact) mass is 278 g/mol. The van der Waals surface area contributed by atoms with Crippen molar-refractivity contribution in [3.63, 3.8) is 0 Å². The summed E-state index contributed by atoms with van der Waals surface area (Å²) in [5.41, 5.74) is -0.169. The van der Waals surface area contributed by atoms with Crippen LogP contribution in [0.4, 0.5) is 0 Å². The van der Waals surface area contributed by atoms with Crippen LogP contribution in [0.1, 0.15) is 33.1 Å². The van der Waals surface area contributed by atoms with E-state index in [1.807, 2.05) is 0 Å². The molecule has 0 aliphatic heterocycles. The van der Waals surface area contributed by atoms with Crippen molar-refractivity contribution >= 4 is 15.9 Å². The van der Waals surface area contributed by atoms with Gasteiger partial charge in [0.2, 0.25) is 15.9 Å². The van der Waals surface area contributed by atoms with Crippen molar-refractivity contribution < 1.29 is 18.3 Å². The number of aliphatic hydroxyl groups excluding tert-OH is 1. The summed E-state index contributed by atoms with van der Waals surface area (Å²) in [5.74, 6) is -0.333. The molecule has 0 bridgehead atoms. The van der Waals surface area contributed by atoms with E-state index in [2.05, 4.69) is 10.0 Å². The zero-order valence-electron chi connectivity index (χ0n) is 10.9. The van der Waals surface area contributed by atoms with Gasteiger partial charge in [0.25, 0.3) is 0 Å². The van der Waals surface area contributed by atoms with E-state index in [4.69, 9.17) is 5.11 Å². The number of aliphatic hydroxyl groups is 1. The highest BCUT2D eigenvalue weighted by Gasteiger charge is 2.42. The van der Waals surface area contributed by atoms with Gasteiger partial charge in [-0.25, -0.2) is 13.1 Å². The van der Waals surface area contributed by atoms with E-state index in [1.165, 1.54) is 6.92 Å². The van der Waals surface area contributed by atoms with E-state index in [0.29, 0.717) is 13.0 Å². The molecule has 3 N–H and O–H groups in total. The smallest absolute Gasteiger partial charge is 0.237 e. The third-order valence-corrected chi connectivity index (χ3v) is 4.81. The molecule has 0 spiro atoms. The van der Waals surface area contributed by atoms with Crippen molar-refractivity contribution in [3.8, 4) is 0 Å². The van der Waals surface area contributed by atoms with E-state index in [0.717, 1.165) is 12.8 Å². The Morgan fingerprint density at radius 1 is 1.44 bits per heavy atom. The predicted molar refractivity (Wildman–Crippen MR) is 68.4 cm³/mol. The van der Waals surface area contributed by atoms with E-state index < -0.39 is 16.1 Å². The molecule has 1 aliphatic rings. The van der Waals surface area contributed by atoms with Gasteiger partial charge in [-0.3, -0.25) is 4.79 Å². The fourth-order valence-corrected chi connectivity index (χ4v) is 2.95. The summed E-state index contributed by atoms with van der Waals surface area (Å²) in [6.07, 6.45) is 2.32. The first-order valence-corrected chi connectivity index (χ1v) is 7.88. The number of carbonyl (C=O) groups is 1. The maximum Gasteiger partial charge on any atom is 0.237 e. The molecular formula is C11H22N2O4S. The zero-order valence-corrected chi connectivity index (χ0v) is 11.7. The molecule has 1 unspecified atom stereocenters. The molecule has 1 aliphatic carbocycles. The molecular weight excluding hydrogens is 256 g/mol. The molecule has 0 radical (unpaired) electrons. The van der Waals surface area contributed by atoms with Gasteiger partial charge in [-0.15, -0.1) is 0 Å². The van der Waals surface area contributed by atoms with Crippen LogP contribution in [0, 0.1) is 5.41 Å². The summed E-state index contributed by atoms with van der Waals surface area (Å²) in [6, 6.07) is -0.781. The minimum Gasteiger partial charge on any atom is -0.396 e. The second-order valence-electron chi connectivity index (χ2n) is 5.03. The predicted octanol–water partition coefficient (Wildman–Crippen LogP) is -0.407.